The van der Waals surface area contributed by atoms with Crippen LogP contribution in [-0.2, 0) is 6.54 Å². The standard InChI is InChI=1S/C17H15ClN4O5S/c18-15-2-1-14(28-15)13-5-9(20-27-13)7-22-12(17(25)26)6-11(19-22)16(24)21-4-3-10(23)8-21/h1-2,5-6,10,23H,3-4,7-8H2,(H,25,26). The van der Waals surface area contributed by atoms with Crippen LogP contribution in [0.4, 0.5) is 0 Å². The molecule has 1 aliphatic heterocycles. The van der Waals surface area contributed by atoms with E-state index >= 15 is 0 Å². The van der Waals surface area contributed by atoms with Gasteiger partial charge in [0, 0.05) is 25.2 Å². The van der Waals surface area contributed by atoms with E-state index in [0.29, 0.717) is 28.8 Å². The molecule has 3 aromatic rings. The van der Waals surface area contributed by atoms with Crippen molar-refractivity contribution in [2.24, 2.45) is 0 Å². The van der Waals surface area contributed by atoms with Crippen LogP contribution in [0, 0.1) is 0 Å². The lowest BCUT2D eigenvalue weighted by atomic mass is 10.3. The van der Waals surface area contributed by atoms with Crippen molar-refractivity contribution >= 4 is 34.8 Å². The van der Waals surface area contributed by atoms with E-state index in [1.165, 1.54) is 27.0 Å². The number of likely N-dealkylation sites (tertiary alicyclic amines) is 1. The third-order valence-corrected chi connectivity index (χ3v) is 5.60. The molecule has 146 valence electrons. The Kier molecular flexibility index (Phi) is 4.92. The zero-order valence-electron chi connectivity index (χ0n) is 14.4. The topological polar surface area (TPSA) is 122 Å². The van der Waals surface area contributed by atoms with Gasteiger partial charge in [-0.2, -0.15) is 5.10 Å². The molecule has 3 aromatic heterocycles. The van der Waals surface area contributed by atoms with Gasteiger partial charge in [0.1, 0.15) is 11.4 Å². The number of hydrogen-bond donors (Lipinski definition) is 2. The van der Waals surface area contributed by atoms with Crippen LogP contribution in [0.3, 0.4) is 0 Å². The van der Waals surface area contributed by atoms with Gasteiger partial charge in [-0.25, -0.2) is 4.79 Å². The fraction of sp³-hybridized carbons (Fsp3) is 0.294. The number of β-amino-alcohol motifs (C(OH)–C–C–N with tert-alkyl or cyclic N) is 1. The summed E-state index contributed by atoms with van der Waals surface area (Å²) < 4.78 is 7.11. The first kappa shape index (κ1) is 18.7. The molecule has 11 heteroatoms. The van der Waals surface area contributed by atoms with E-state index in [1.807, 2.05) is 0 Å². The normalized spacial score (nSPS) is 16.6. The molecule has 1 aliphatic rings. The number of aromatic nitrogens is 3. The lowest BCUT2D eigenvalue weighted by Gasteiger charge is -2.13. The van der Waals surface area contributed by atoms with Crippen molar-refractivity contribution < 1.29 is 24.3 Å². The molecule has 0 radical (unpaired) electrons. The van der Waals surface area contributed by atoms with Crippen molar-refractivity contribution in [1.29, 1.82) is 0 Å². The van der Waals surface area contributed by atoms with E-state index in [1.54, 1.807) is 18.2 Å². The number of nitrogens with zero attached hydrogens (tertiary/aromatic N) is 4. The summed E-state index contributed by atoms with van der Waals surface area (Å²) in [5.41, 5.74) is 0.341. The number of aliphatic hydroxyl groups excluding tert-OH is 1. The number of thiophene rings is 1. The number of amides is 1. The van der Waals surface area contributed by atoms with E-state index in [4.69, 9.17) is 16.1 Å². The van der Waals surface area contributed by atoms with Crippen molar-refractivity contribution in [2.75, 3.05) is 13.1 Å². The van der Waals surface area contributed by atoms with Gasteiger partial charge in [0.05, 0.1) is 21.9 Å². The van der Waals surface area contributed by atoms with E-state index in [-0.39, 0.29) is 24.5 Å². The van der Waals surface area contributed by atoms with Crippen LogP contribution >= 0.6 is 22.9 Å². The van der Waals surface area contributed by atoms with Crippen molar-refractivity contribution in [1.82, 2.24) is 19.8 Å². The largest absolute Gasteiger partial charge is 0.477 e. The highest BCUT2D eigenvalue weighted by molar-refractivity contribution is 7.19. The van der Waals surface area contributed by atoms with Crippen molar-refractivity contribution in [3.05, 3.63) is 45.7 Å². The highest BCUT2D eigenvalue weighted by Crippen LogP contribution is 2.31. The molecule has 4 rings (SSSR count). The molecule has 0 aromatic carbocycles. The van der Waals surface area contributed by atoms with E-state index in [9.17, 15) is 19.8 Å². The second-order valence-corrected chi connectivity index (χ2v) is 8.07. The molecule has 1 saturated heterocycles. The van der Waals surface area contributed by atoms with Crippen LogP contribution in [0.15, 0.2) is 28.8 Å². The number of aromatic carboxylic acids is 1. The van der Waals surface area contributed by atoms with Crippen molar-refractivity contribution in [2.45, 2.75) is 19.1 Å². The zero-order valence-corrected chi connectivity index (χ0v) is 16.0. The highest BCUT2D eigenvalue weighted by Gasteiger charge is 2.28. The molecule has 1 amide bonds. The average molecular weight is 423 g/mol. The molecule has 1 atom stereocenters. The lowest BCUT2D eigenvalue weighted by molar-refractivity contribution is 0.0683. The number of carbonyl (C=O) groups excluding carboxylic acids is 1. The summed E-state index contributed by atoms with van der Waals surface area (Å²) in [6.07, 6.45) is -0.0727. The second-order valence-electron chi connectivity index (χ2n) is 6.36. The average Bonchev–Trinajstić information content (AvgIpc) is 3.41. The third-order valence-electron chi connectivity index (χ3n) is 4.36. The van der Waals surface area contributed by atoms with E-state index < -0.39 is 18.0 Å². The molecular formula is C17H15ClN4O5S. The van der Waals surface area contributed by atoms with Crippen molar-refractivity contribution in [3.8, 4) is 10.6 Å². The monoisotopic (exact) mass is 422 g/mol. The van der Waals surface area contributed by atoms with Gasteiger partial charge in [-0.3, -0.25) is 9.48 Å². The number of hydrogen-bond acceptors (Lipinski definition) is 7. The van der Waals surface area contributed by atoms with Crippen LogP contribution in [0.2, 0.25) is 4.34 Å². The molecule has 2 N–H and O–H groups in total. The highest BCUT2D eigenvalue weighted by atomic mass is 35.5. The van der Waals surface area contributed by atoms with Gasteiger partial charge in [0.25, 0.3) is 5.91 Å². The first-order valence-corrected chi connectivity index (χ1v) is 9.60. The minimum absolute atomic E-state index is 0.0141. The van der Waals surface area contributed by atoms with Gasteiger partial charge in [0.2, 0.25) is 0 Å². The predicted octanol–water partition coefficient (Wildman–Crippen LogP) is 2.21. The van der Waals surface area contributed by atoms with Crippen LogP contribution < -0.4 is 0 Å². The minimum atomic E-state index is -1.21. The Balaban J connectivity index is 1.57. The maximum atomic E-state index is 12.5. The molecule has 1 unspecified atom stereocenters. The van der Waals surface area contributed by atoms with Gasteiger partial charge in [-0.15, -0.1) is 11.3 Å². The summed E-state index contributed by atoms with van der Waals surface area (Å²) in [4.78, 5) is 26.3. The molecule has 0 bridgehead atoms. The number of halogens is 1. The predicted molar refractivity (Wildman–Crippen MR) is 99.6 cm³/mol. The first-order valence-electron chi connectivity index (χ1n) is 8.40. The Hall–Kier alpha value is -2.69. The third kappa shape index (κ3) is 3.66. The number of rotatable bonds is 5. The molecule has 9 nitrogen and oxygen atoms in total. The van der Waals surface area contributed by atoms with Gasteiger partial charge < -0.3 is 19.6 Å². The van der Waals surface area contributed by atoms with Crippen LogP contribution in [0.25, 0.3) is 10.6 Å². The number of aliphatic hydroxyl groups is 1. The number of carbonyl (C=O) groups is 2. The Morgan fingerprint density at radius 2 is 2.18 bits per heavy atom. The second kappa shape index (κ2) is 7.38. The Morgan fingerprint density at radius 1 is 1.36 bits per heavy atom. The van der Waals surface area contributed by atoms with Crippen LogP contribution in [0.5, 0.6) is 0 Å². The van der Waals surface area contributed by atoms with Gasteiger partial charge >= 0.3 is 5.97 Å². The summed E-state index contributed by atoms with van der Waals surface area (Å²) in [7, 11) is 0. The number of carboxylic acids is 1. The molecule has 0 spiro atoms. The van der Waals surface area contributed by atoms with Gasteiger partial charge in [0.15, 0.2) is 11.5 Å². The zero-order chi connectivity index (χ0) is 19.8. The van der Waals surface area contributed by atoms with Crippen LogP contribution in [0.1, 0.15) is 33.1 Å². The lowest BCUT2D eigenvalue weighted by Crippen LogP contribution is -2.30. The van der Waals surface area contributed by atoms with Crippen molar-refractivity contribution in [3.63, 3.8) is 0 Å². The maximum Gasteiger partial charge on any atom is 0.354 e. The molecule has 4 heterocycles. The molecular weight excluding hydrogens is 408 g/mol. The summed E-state index contributed by atoms with van der Waals surface area (Å²) in [6.45, 7) is 0.648. The molecule has 28 heavy (non-hydrogen) atoms. The Morgan fingerprint density at radius 3 is 2.82 bits per heavy atom. The van der Waals surface area contributed by atoms with Gasteiger partial charge in [-0.1, -0.05) is 16.8 Å². The Bertz CT molecular complexity index is 1040. The molecule has 0 saturated carbocycles. The quantitative estimate of drug-likeness (QED) is 0.646. The smallest absolute Gasteiger partial charge is 0.354 e. The number of carboxylic acid groups (broad SMARTS) is 1. The Labute approximate surface area is 167 Å². The van der Waals surface area contributed by atoms with Gasteiger partial charge in [-0.05, 0) is 18.6 Å². The molecule has 1 fully saturated rings. The maximum absolute atomic E-state index is 12.5. The molecule has 0 aliphatic carbocycles. The minimum Gasteiger partial charge on any atom is -0.477 e. The fourth-order valence-corrected chi connectivity index (χ4v) is 4.00. The van der Waals surface area contributed by atoms with Crippen LogP contribution in [-0.4, -0.2) is 61.1 Å². The first-order chi connectivity index (χ1) is 13.4. The van der Waals surface area contributed by atoms with E-state index in [0.717, 1.165) is 4.88 Å². The summed E-state index contributed by atoms with van der Waals surface area (Å²) in [6, 6.07) is 6.45. The van der Waals surface area contributed by atoms with E-state index in [2.05, 4.69) is 10.3 Å². The summed E-state index contributed by atoms with van der Waals surface area (Å²) >= 11 is 7.26. The SMILES string of the molecule is O=C(O)c1cc(C(=O)N2CCC(O)C2)nn1Cc1cc(-c2ccc(Cl)s2)on1. The summed E-state index contributed by atoms with van der Waals surface area (Å²) in [5.74, 6) is -1.10. The summed E-state index contributed by atoms with van der Waals surface area (Å²) in [5, 5.41) is 27.1. The fourth-order valence-electron chi connectivity index (χ4n) is 3.00.